The molecule has 1 aliphatic heterocycles. The highest BCUT2D eigenvalue weighted by molar-refractivity contribution is 8.18. The van der Waals surface area contributed by atoms with Crippen molar-refractivity contribution < 1.29 is 4.79 Å². The Hall–Kier alpha value is -2.64. The van der Waals surface area contributed by atoms with E-state index < -0.39 is 0 Å². The van der Waals surface area contributed by atoms with Crippen LogP contribution in [-0.4, -0.2) is 20.6 Å². The SMILES string of the molecule is Cc1ccc(-n2c(C)cc(/C=C3\S/C(=N/c4nccs4)NC3=O)c2C)cc1. The molecule has 3 heterocycles. The van der Waals surface area contributed by atoms with E-state index in [0.29, 0.717) is 15.2 Å². The lowest BCUT2D eigenvalue weighted by atomic mass is 10.2. The first-order valence-corrected chi connectivity index (χ1v) is 10.2. The number of aromatic nitrogens is 2. The van der Waals surface area contributed by atoms with Crippen molar-refractivity contribution in [3.05, 3.63) is 69.3 Å². The zero-order chi connectivity index (χ0) is 19.0. The molecule has 27 heavy (non-hydrogen) atoms. The fourth-order valence-electron chi connectivity index (χ4n) is 3.00. The summed E-state index contributed by atoms with van der Waals surface area (Å²) in [5.74, 6) is -0.129. The quantitative estimate of drug-likeness (QED) is 0.652. The molecule has 1 aliphatic rings. The molecule has 0 saturated carbocycles. The number of thiazole rings is 1. The number of hydrogen-bond acceptors (Lipinski definition) is 5. The van der Waals surface area contributed by atoms with Crippen molar-refractivity contribution in [2.75, 3.05) is 0 Å². The van der Waals surface area contributed by atoms with E-state index in [1.807, 2.05) is 11.5 Å². The number of aliphatic imine (C=N–C) groups is 1. The Balaban J connectivity index is 1.65. The number of nitrogens with zero attached hydrogens (tertiary/aromatic N) is 3. The van der Waals surface area contributed by atoms with Crippen LogP contribution in [0.25, 0.3) is 11.8 Å². The maximum atomic E-state index is 12.3. The second-order valence-corrected chi connectivity index (χ2v) is 8.20. The summed E-state index contributed by atoms with van der Waals surface area (Å²) in [6, 6.07) is 10.5. The molecule has 2 aromatic heterocycles. The Morgan fingerprint density at radius 1 is 1.19 bits per heavy atom. The Kier molecular flexibility index (Phi) is 4.72. The Morgan fingerprint density at radius 3 is 2.67 bits per heavy atom. The highest BCUT2D eigenvalue weighted by atomic mass is 32.2. The van der Waals surface area contributed by atoms with Gasteiger partial charge in [-0.1, -0.05) is 17.7 Å². The van der Waals surface area contributed by atoms with E-state index in [1.165, 1.54) is 28.7 Å². The van der Waals surface area contributed by atoms with E-state index >= 15 is 0 Å². The summed E-state index contributed by atoms with van der Waals surface area (Å²) >= 11 is 2.78. The number of hydrogen-bond donors (Lipinski definition) is 1. The molecular formula is C20H18N4OS2. The number of amides is 1. The average Bonchev–Trinajstić information content (AvgIpc) is 3.32. The molecule has 0 unspecified atom stereocenters. The number of nitrogens with one attached hydrogen (secondary N) is 1. The van der Waals surface area contributed by atoms with Gasteiger partial charge in [0.2, 0.25) is 5.13 Å². The summed E-state index contributed by atoms with van der Waals surface area (Å²) in [7, 11) is 0. The minimum Gasteiger partial charge on any atom is -0.318 e. The van der Waals surface area contributed by atoms with Gasteiger partial charge in [-0.15, -0.1) is 11.3 Å². The van der Waals surface area contributed by atoms with Crippen LogP contribution < -0.4 is 5.32 Å². The number of rotatable bonds is 3. The Bertz CT molecular complexity index is 1060. The topological polar surface area (TPSA) is 59.3 Å². The van der Waals surface area contributed by atoms with Gasteiger partial charge in [-0.3, -0.25) is 4.79 Å². The third-order valence-electron chi connectivity index (χ3n) is 4.32. The van der Waals surface area contributed by atoms with Gasteiger partial charge >= 0.3 is 0 Å². The van der Waals surface area contributed by atoms with Crippen molar-refractivity contribution >= 4 is 45.4 Å². The standard InChI is InChI=1S/C20H18N4OS2/c1-12-4-6-16(7-5-12)24-13(2)10-15(14(24)3)11-17-18(25)22-20(27-17)23-19-21-8-9-26-19/h4-11H,1-3H3,(H,21,22,23,25)/b17-11-. The molecule has 1 N–H and O–H groups in total. The second kappa shape index (κ2) is 7.17. The summed E-state index contributed by atoms with van der Waals surface area (Å²) in [6.07, 6.45) is 3.62. The first-order chi connectivity index (χ1) is 13.0. The summed E-state index contributed by atoms with van der Waals surface area (Å²) in [4.78, 5) is 21.5. The zero-order valence-electron chi connectivity index (χ0n) is 15.2. The Morgan fingerprint density at radius 2 is 1.96 bits per heavy atom. The molecule has 4 rings (SSSR count). The summed E-state index contributed by atoms with van der Waals surface area (Å²) < 4.78 is 2.20. The highest BCUT2D eigenvalue weighted by Gasteiger charge is 2.25. The first-order valence-electron chi connectivity index (χ1n) is 8.46. The fourth-order valence-corrected chi connectivity index (χ4v) is 4.39. The summed E-state index contributed by atoms with van der Waals surface area (Å²) in [5.41, 5.74) is 5.61. The number of carbonyl (C=O) groups excluding carboxylic acids is 1. The summed E-state index contributed by atoms with van der Waals surface area (Å²) in [5, 5.41) is 5.86. The largest absolute Gasteiger partial charge is 0.318 e. The fraction of sp³-hybridized carbons (Fsp3) is 0.150. The maximum absolute atomic E-state index is 12.3. The van der Waals surface area contributed by atoms with E-state index in [1.54, 1.807) is 6.20 Å². The van der Waals surface area contributed by atoms with E-state index in [9.17, 15) is 4.79 Å². The predicted molar refractivity (Wildman–Crippen MR) is 113 cm³/mol. The van der Waals surface area contributed by atoms with Gasteiger partial charge in [0, 0.05) is 28.7 Å². The van der Waals surface area contributed by atoms with E-state index in [2.05, 4.69) is 71.0 Å². The third kappa shape index (κ3) is 3.61. The van der Waals surface area contributed by atoms with Gasteiger partial charge in [0.15, 0.2) is 5.17 Å². The van der Waals surface area contributed by atoms with Gasteiger partial charge in [-0.05, 0) is 62.4 Å². The van der Waals surface area contributed by atoms with E-state index in [0.717, 1.165) is 22.6 Å². The van der Waals surface area contributed by atoms with Gasteiger partial charge in [-0.25, -0.2) is 4.98 Å². The molecule has 3 aromatic rings. The predicted octanol–water partition coefficient (Wildman–Crippen LogP) is 4.75. The minimum absolute atomic E-state index is 0.129. The normalized spacial score (nSPS) is 17.1. The van der Waals surface area contributed by atoms with E-state index in [-0.39, 0.29) is 5.91 Å². The average molecular weight is 395 g/mol. The second-order valence-electron chi connectivity index (χ2n) is 6.29. The number of thioether (sulfide) groups is 1. The lowest BCUT2D eigenvalue weighted by Crippen LogP contribution is -2.19. The molecule has 0 aliphatic carbocycles. The van der Waals surface area contributed by atoms with Crippen LogP contribution in [0.1, 0.15) is 22.5 Å². The number of amidine groups is 1. The lowest BCUT2D eigenvalue weighted by Gasteiger charge is -2.10. The van der Waals surface area contributed by atoms with Crippen LogP contribution in [-0.2, 0) is 4.79 Å². The van der Waals surface area contributed by atoms with Crippen LogP contribution in [0, 0.1) is 20.8 Å². The molecule has 0 radical (unpaired) electrons. The monoisotopic (exact) mass is 394 g/mol. The highest BCUT2D eigenvalue weighted by Crippen LogP contribution is 2.30. The van der Waals surface area contributed by atoms with Crippen LogP contribution in [0.4, 0.5) is 5.13 Å². The van der Waals surface area contributed by atoms with Crippen LogP contribution >= 0.6 is 23.1 Å². The van der Waals surface area contributed by atoms with Gasteiger partial charge in [0.25, 0.3) is 5.91 Å². The molecule has 136 valence electrons. The molecule has 1 fully saturated rings. The number of benzene rings is 1. The molecular weight excluding hydrogens is 376 g/mol. The lowest BCUT2D eigenvalue weighted by molar-refractivity contribution is -0.115. The molecule has 0 bridgehead atoms. The van der Waals surface area contributed by atoms with Crippen molar-refractivity contribution in [2.24, 2.45) is 4.99 Å². The zero-order valence-corrected chi connectivity index (χ0v) is 16.8. The van der Waals surface area contributed by atoms with Crippen molar-refractivity contribution in [2.45, 2.75) is 20.8 Å². The van der Waals surface area contributed by atoms with Gasteiger partial charge in [-0.2, -0.15) is 4.99 Å². The molecule has 7 heteroatoms. The third-order valence-corrected chi connectivity index (χ3v) is 5.89. The smallest absolute Gasteiger partial charge is 0.264 e. The number of carbonyl (C=O) groups is 1. The van der Waals surface area contributed by atoms with Crippen molar-refractivity contribution in [1.29, 1.82) is 0 Å². The van der Waals surface area contributed by atoms with Crippen LogP contribution in [0.3, 0.4) is 0 Å². The Labute approximate surface area is 165 Å². The molecule has 1 saturated heterocycles. The molecule has 1 aromatic carbocycles. The van der Waals surface area contributed by atoms with Crippen molar-refractivity contribution in [1.82, 2.24) is 14.9 Å². The maximum Gasteiger partial charge on any atom is 0.264 e. The molecule has 0 atom stereocenters. The minimum atomic E-state index is -0.129. The number of aryl methyl sites for hydroxylation is 2. The molecule has 5 nitrogen and oxygen atoms in total. The summed E-state index contributed by atoms with van der Waals surface area (Å²) in [6.45, 7) is 6.23. The first kappa shape index (κ1) is 17.8. The van der Waals surface area contributed by atoms with Gasteiger partial charge < -0.3 is 9.88 Å². The van der Waals surface area contributed by atoms with Crippen LogP contribution in [0.15, 0.2) is 51.8 Å². The molecule has 1 amide bonds. The molecule has 0 spiro atoms. The van der Waals surface area contributed by atoms with Gasteiger partial charge in [0.05, 0.1) is 4.91 Å². The van der Waals surface area contributed by atoms with Crippen molar-refractivity contribution in [3.63, 3.8) is 0 Å². The van der Waals surface area contributed by atoms with Crippen LogP contribution in [0.2, 0.25) is 0 Å². The van der Waals surface area contributed by atoms with Gasteiger partial charge in [0.1, 0.15) is 0 Å². The van der Waals surface area contributed by atoms with E-state index in [4.69, 9.17) is 0 Å². The van der Waals surface area contributed by atoms with Crippen LogP contribution in [0.5, 0.6) is 0 Å². The van der Waals surface area contributed by atoms with Crippen molar-refractivity contribution in [3.8, 4) is 5.69 Å².